The summed E-state index contributed by atoms with van der Waals surface area (Å²) in [6.07, 6.45) is 0. The summed E-state index contributed by atoms with van der Waals surface area (Å²) in [5, 5.41) is 12.7. The molecule has 2 aromatic rings. The van der Waals surface area contributed by atoms with Crippen LogP contribution in [0.1, 0.15) is 33.5 Å². The molecule has 2 rings (SSSR count). The van der Waals surface area contributed by atoms with Gasteiger partial charge in [-0.1, -0.05) is 26.0 Å². The first-order valence-electron chi connectivity index (χ1n) is 8.59. The predicted molar refractivity (Wildman–Crippen MR) is 100 cm³/mol. The number of para-hydroxylation sites is 1. The SMILES string of the molecule is CC(C)[C@](C)(C#N)NC(=O)[C@H](C)N(C)Cc1nc2ccccc2c(=O)[nH]1. The third-order valence-electron chi connectivity index (χ3n) is 4.87. The highest BCUT2D eigenvalue weighted by Crippen LogP contribution is 2.16. The van der Waals surface area contributed by atoms with Crippen LogP contribution in [-0.2, 0) is 11.3 Å². The Balaban J connectivity index is 2.14. The first kappa shape index (κ1) is 19.6. The highest BCUT2D eigenvalue weighted by molar-refractivity contribution is 5.82. The maximum absolute atomic E-state index is 12.5. The van der Waals surface area contributed by atoms with E-state index in [-0.39, 0.29) is 17.4 Å². The Morgan fingerprint density at radius 1 is 1.38 bits per heavy atom. The molecule has 0 radical (unpaired) electrons. The number of likely N-dealkylation sites (N-methyl/N-ethyl adjacent to an activating group) is 1. The quantitative estimate of drug-likeness (QED) is 0.823. The number of benzene rings is 1. The summed E-state index contributed by atoms with van der Waals surface area (Å²) in [6.45, 7) is 7.56. The van der Waals surface area contributed by atoms with Crippen molar-refractivity contribution in [3.8, 4) is 6.07 Å². The van der Waals surface area contributed by atoms with Crippen LogP contribution in [0.5, 0.6) is 0 Å². The van der Waals surface area contributed by atoms with Crippen molar-refractivity contribution >= 4 is 16.8 Å². The van der Waals surface area contributed by atoms with Crippen molar-refractivity contribution in [1.82, 2.24) is 20.2 Å². The molecule has 7 nitrogen and oxygen atoms in total. The first-order chi connectivity index (χ1) is 12.2. The third kappa shape index (κ3) is 4.09. The van der Waals surface area contributed by atoms with Gasteiger partial charge < -0.3 is 10.3 Å². The van der Waals surface area contributed by atoms with Gasteiger partial charge in [0.25, 0.3) is 5.56 Å². The zero-order valence-corrected chi connectivity index (χ0v) is 15.8. The van der Waals surface area contributed by atoms with Crippen molar-refractivity contribution in [1.29, 1.82) is 5.26 Å². The van der Waals surface area contributed by atoms with Gasteiger partial charge in [-0.15, -0.1) is 0 Å². The zero-order valence-electron chi connectivity index (χ0n) is 15.8. The van der Waals surface area contributed by atoms with Crippen LogP contribution in [0.3, 0.4) is 0 Å². The number of H-pyrrole nitrogens is 1. The van der Waals surface area contributed by atoms with Crippen molar-refractivity contribution in [3.05, 3.63) is 40.4 Å². The number of aromatic nitrogens is 2. The van der Waals surface area contributed by atoms with Crippen molar-refractivity contribution in [2.24, 2.45) is 5.92 Å². The Kier molecular flexibility index (Phi) is 5.78. The molecule has 0 spiro atoms. The molecule has 1 heterocycles. The summed E-state index contributed by atoms with van der Waals surface area (Å²) in [4.78, 5) is 33.7. The largest absolute Gasteiger partial charge is 0.336 e. The van der Waals surface area contributed by atoms with Crippen LogP contribution in [0.2, 0.25) is 0 Å². The Bertz CT molecular complexity index is 899. The third-order valence-corrected chi connectivity index (χ3v) is 4.87. The molecule has 1 aromatic heterocycles. The van der Waals surface area contributed by atoms with Gasteiger partial charge in [0, 0.05) is 0 Å². The lowest BCUT2D eigenvalue weighted by atomic mass is 9.90. The van der Waals surface area contributed by atoms with Crippen LogP contribution in [-0.4, -0.2) is 39.4 Å². The molecule has 7 heteroatoms. The fraction of sp³-hybridized carbons (Fsp3) is 0.474. The molecule has 1 aromatic carbocycles. The van der Waals surface area contributed by atoms with Gasteiger partial charge in [0.2, 0.25) is 5.91 Å². The normalized spacial score (nSPS) is 14.8. The van der Waals surface area contributed by atoms with Gasteiger partial charge in [-0.25, -0.2) is 4.98 Å². The number of nitrogens with one attached hydrogen (secondary N) is 2. The molecule has 0 saturated heterocycles. The van der Waals surface area contributed by atoms with E-state index in [4.69, 9.17) is 0 Å². The number of hydrogen-bond acceptors (Lipinski definition) is 5. The van der Waals surface area contributed by atoms with E-state index < -0.39 is 11.6 Å². The van der Waals surface area contributed by atoms with E-state index >= 15 is 0 Å². The van der Waals surface area contributed by atoms with E-state index in [9.17, 15) is 14.9 Å². The summed E-state index contributed by atoms with van der Waals surface area (Å²) in [5.41, 5.74) is -0.511. The number of carbonyl (C=O) groups is 1. The van der Waals surface area contributed by atoms with Crippen LogP contribution in [0, 0.1) is 17.2 Å². The molecule has 0 aliphatic carbocycles. The second-order valence-corrected chi connectivity index (χ2v) is 7.08. The lowest BCUT2D eigenvalue weighted by molar-refractivity contribution is -0.127. The van der Waals surface area contributed by atoms with Gasteiger partial charge in [0.1, 0.15) is 11.4 Å². The van der Waals surface area contributed by atoms with Gasteiger partial charge in [-0.2, -0.15) is 5.26 Å². The van der Waals surface area contributed by atoms with Gasteiger partial charge >= 0.3 is 0 Å². The Morgan fingerprint density at radius 2 is 2.04 bits per heavy atom. The summed E-state index contributed by atoms with van der Waals surface area (Å²) in [5.74, 6) is 0.226. The molecule has 0 unspecified atom stereocenters. The Hall–Kier alpha value is -2.72. The minimum atomic E-state index is -0.929. The van der Waals surface area contributed by atoms with E-state index in [0.717, 1.165) is 0 Å². The summed E-state index contributed by atoms with van der Waals surface area (Å²) in [7, 11) is 1.78. The van der Waals surface area contributed by atoms with Crippen molar-refractivity contribution in [3.63, 3.8) is 0 Å². The molecular formula is C19H25N5O2. The van der Waals surface area contributed by atoms with Gasteiger partial charge in [-0.05, 0) is 38.9 Å². The summed E-state index contributed by atoms with van der Waals surface area (Å²) < 4.78 is 0. The van der Waals surface area contributed by atoms with Crippen molar-refractivity contribution < 1.29 is 4.79 Å². The van der Waals surface area contributed by atoms with Crippen LogP contribution in [0.15, 0.2) is 29.1 Å². The molecule has 0 bridgehead atoms. The van der Waals surface area contributed by atoms with E-state index in [0.29, 0.717) is 23.3 Å². The predicted octanol–water partition coefficient (Wildman–Crippen LogP) is 1.80. The van der Waals surface area contributed by atoms with Gasteiger partial charge in [0.05, 0.1) is 29.6 Å². The van der Waals surface area contributed by atoms with Gasteiger partial charge in [0.15, 0.2) is 0 Å². The average molecular weight is 355 g/mol. The Morgan fingerprint density at radius 3 is 2.65 bits per heavy atom. The van der Waals surface area contributed by atoms with E-state index in [1.54, 1.807) is 44.0 Å². The molecule has 1 amide bonds. The number of carbonyl (C=O) groups excluding carboxylic acids is 1. The number of fused-ring (bicyclic) bond motifs is 1. The van der Waals surface area contributed by atoms with Gasteiger partial charge in [-0.3, -0.25) is 14.5 Å². The minimum Gasteiger partial charge on any atom is -0.336 e. The van der Waals surface area contributed by atoms with Crippen LogP contribution in [0.25, 0.3) is 10.9 Å². The van der Waals surface area contributed by atoms with Crippen molar-refractivity contribution in [2.45, 2.75) is 45.8 Å². The number of amides is 1. The monoisotopic (exact) mass is 355 g/mol. The lowest BCUT2D eigenvalue weighted by Crippen LogP contribution is -2.54. The molecule has 138 valence electrons. The maximum atomic E-state index is 12.5. The smallest absolute Gasteiger partial charge is 0.258 e. The number of aromatic amines is 1. The fourth-order valence-electron chi connectivity index (χ4n) is 2.44. The average Bonchev–Trinajstić information content (AvgIpc) is 2.60. The summed E-state index contributed by atoms with van der Waals surface area (Å²) >= 11 is 0. The molecule has 2 atom stereocenters. The number of nitrogens with zero attached hydrogens (tertiary/aromatic N) is 3. The van der Waals surface area contributed by atoms with Crippen LogP contribution in [0.4, 0.5) is 0 Å². The first-order valence-corrected chi connectivity index (χ1v) is 8.59. The minimum absolute atomic E-state index is 0.0209. The molecular weight excluding hydrogens is 330 g/mol. The molecule has 0 aliphatic rings. The van der Waals surface area contributed by atoms with E-state index in [1.165, 1.54) is 0 Å². The molecule has 0 aliphatic heterocycles. The molecule has 0 saturated carbocycles. The fourth-order valence-corrected chi connectivity index (χ4v) is 2.44. The second kappa shape index (κ2) is 7.67. The highest BCUT2D eigenvalue weighted by Gasteiger charge is 2.32. The molecule has 0 fully saturated rings. The van der Waals surface area contributed by atoms with Crippen LogP contribution >= 0.6 is 0 Å². The van der Waals surface area contributed by atoms with Crippen LogP contribution < -0.4 is 10.9 Å². The summed E-state index contributed by atoms with van der Waals surface area (Å²) in [6, 6.07) is 8.80. The van der Waals surface area contributed by atoms with E-state index in [2.05, 4.69) is 21.4 Å². The maximum Gasteiger partial charge on any atom is 0.258 e. The number of hydrogen-bond donors (Lipinski definition) is 2. The number of rotatable bonds is 6. The van der Waals surface area contributed by atoms with E-state index in [1.807, 2.05) is 19.9 Å². The Labute approximate surface area is 153 Å². The standard InChI is InChI=1S/C19H25N5O2/c1-12(2)19(4,11-20)23-17(25)13(3)24(5)10-16-21-15-9-7-6-8-14(15)18(26)22-16/h6-9,12-13H,10H2,1-5H3,(H,23,25)(H,21,22,26)/t13-,19-/m0/s1. The van der Waals surface area contributed by atoms with Crippen molar-refractivity contribution in [2.75, 3.05) is 7.05 Å². The molecule has 26 heavy (non-hydrogen) atoms. The number of nitriles is 1. The topological polar surface area (TPSA) is 102 Å². The zero-order chi connectivity index (χ0) is 19.5. The highest BCUT2D eigenvalue weighted by atomic mass is 16.2. The lowest BCUT2D eigenvalue weighted by Gasteiger charge is -2.31. The molecule has 2 N–H and O–H groups in total. The second-order valence-electron chi connectivity index (χ2n) is 7.08.